The summed E-state index contributed by atoms with van der Waals surface area (Å²) >= 11 is 0.890. The number of amidine groups is 1. The van der Waals surface area contributed by atoms with Crippen molar-refractivity contribution < 1.29 is 22.0 Å². The Morgan fingerprint density at radius 1 is 1.37 bits per heavy atom. The van der Waals surface area contributed by atoms with Crippen LogP contribution in [0.4, 0.5) is 27.6 Å². The van der Waals surface area contributed by atoms with Crippen LogP contribution in [0.15, 0.2) is 17.1 Å². The summed E-state index contributed by atoms with van der Waals surface area (Å²) in [6, 6.07) is 1.23. The van der Waals surface area contributed by atoms with E-state index in [-0.39, 0.29) is 5.17 Å². The van der Waals surface area contributed by atoms with Gasteiger partial charge in [-0.25, -0.2) is 13.8 Å². The van der Waals surface area contributed by atoms with Crippen molar-refractivity contribution in [2.24, 2.45) is 4.99 Å². The maximum atomic E-state index is 13.6. The summed E-state index contributed by atoms with van der Waals surface area (Å²) in [4.78, 5) is 3.49. The first kappa shape index (κ1) is 15.2. The summed E-state index contributed by atoms with van der Waals surface area (Å²) in [6.45, 7) is 0. The quantitative estimate of drug-likeness (QED) is 0.284. The van der Waals surface area contributed by atoms with Gasteiger partial charge in [-0.2, -0.15) is 18.4 Å². The van der Waals surface area contributed by atoms with Crippen LogP contribution >= 0.6 is 11.8 Å². The average Bonchev–Trinajstić information content (AvgIpc) is 2.30. The normalized spacial score (nSPS) is 12.2. The molecule has 0 amide bonds. The van der Waals surface area contributed by atoms with Crippen molar-refractivity contribution in [3.05, 3.63) is 29.3 Å². The van der Waals surface area contributed by atoms with E-state index in [1.165, 1.54) is 12.4 Å². The van der Waals surface area contributed by atoms with Crippen LogP contribution in [0.25, 0.3) is 0 Å². The van der Waals surface area contributed by atoms with E-state index in [1.807, 2.05) is 0 Å². The minimum atomic E-state index is -5.16. The van der Waals surface area contributed by atoms with E-state index in [0.717, 1.165) is 17.8 Å². The van der Waals surface area contributed by atoms with E-state index < -0.39 is 29.1 Å². The number of alkyl halides is 3. The van der Waals surface area contributed by atoms with Crippen LogP contribution in [0.3, 0.4) is 0 Å². The summed E-state index contributed by atoms with van der Waals surface area (Å²) < 4.78 is 64.0. The molecule has 19 heavy (non-hydrogen) atoms. The molecule has 9 heteroatoms. The summed E-state index contributed by atoms with van der Waals surface area (Å²) in [7, 11) is 0. The molecule has 0 spiro atoms. The van der Waals surface area contributed by atoms with Crippen LogP contribution in [0.5, 0.6) is 0 Å². The SMILES string of the molecule is CSC(=Nc1ccc(F)c(C(F)(F)F)c1F)NC#N. The number of aliphatic imine (C=N–C) groups is 1. The second kappa shape index (κ2) is 5.88. The molecule has 0 saturated carbocycles. The largest absolute Gasteiger partial charge is 0.422 e. The number of benzene rings is 1. The lowest BCUT2D eigenvalue weighted by Gasteiger charge is -2.10. The lowest BCUT2D eigenvalue weighted by atomic mass is 10.1. The molecule has 0 aliphatic rings. The molecular formula is C10H6F5N3S. The van der Waals surface area contributed by atoms with E-state index in [9.17, 15) is 22.0 Å². The minimum Gasteiger partial charge on any atom is -0.271 e. The summed E-state index contributed by atoms with van der Waals surface area (Å²) in [6.07, 6.45) is -2.19. The third-order valence-corrected chi connectivity index (χ3v) is 2.51. The highest BCUT2D eigenvalue weighted by Crippen LogP contribution is 2.37. The number of hydrogen-bond acceptors (Lipinski definition) is 3. The monoisotopic (exact) mass is 295 g/mol. The lowest BCUT2D eigenvalue weighted by molar-refractivity contribution is -0.142. The Kier molecular flexibility index (Phi) is 4.72. The zero-order chi connectivity index (χ0) is 14.6. The highest BCUT2D eigenvalue weighted by molar-refractivity contribution is 8.13. The molecule has 0 atom stereocenters. The van der Waals surface area contributed by atoms with Gasteiger partial charge < -0.3 is 0 Å². The Hall–Kier alpha value is -1.82. The molecular weight excluding hydrogens is 289 g/mol. The molecule has 1 rings (SSSR count). The predicted molar refractivity (Wildman–Crippen MR) is 60.7 cm³/mol. The minimum absolute atomic E-state index is 0.110. The number of nitrogens with zero attached hydrogens (tertiary/aromatic N) is 2. The Labute approximate surface area is 109 Å². The van der Waals surface area contributed by atoms with Crippen LogP contribution in [0.1, 0.15) is 5.56 Å². The first-order valence-electron chi connectivity index (χ1n) is 4.64. The van der Waals surface area contributed by atoms with E-state index in [2.05, 4.69) is 10.3 Å². The molecule has 102 valence electrons. The van der Waals surface area contributed by atoms with E-state index >= 15 is 0 Å². The smallest absolute Gasteiger partial charge is 0.271 e. The number of rotatable bonds is 1. The van der Waals surface area contributed by atoms with Gasteiger partial charge in [0.25, 0.3) is 0 Å². The fourth-order valence-electron chi connectivity index (χ4n) is 1.17. The molecule has 0 unspecified atom stereocenters. The fraction of sp³-hybridized carbons (Fsp3) is 0.200. The van der Waals surface area contributed by atoms with Crippen molar-refractivity contribution in [2.45, 2.75) is 6.18 Å². The summed E-state index contributed by atoms with van der Waals surface area (Å²) in [5, 5.41) is 10.3. The van der Waals surface area contributed by atoms with Gasteiger partial charge in [0, 0.05) is 0 Å². The molecule has 1 aromatic carbocycles. The Bertz CT molecular complexity index is 547. The highest BCUT2D eigenvalue weighted by Gasteiger charge is 2.38. The average molecular weight is 295 g/mol. The van der Waals surface area contributed by atoms with E-state index in [4.69, 9.17) is 5.26 Å². The topological polar surface area (TPSA) is 48.2 Å². The number of nitrogens with one attached hydrogen (secondary N) is 1. The van der Waals surface area contributed by atoms with Crippen molar-refractivity contribution in [1.29, 1.82) is 5.26 Å². The van der Waals surface area contributed by atoms with Gasteiger partial charge in [-0.05, 0) is 18.4 Å². The van der Waals surface area contributed by atoms with E-state index in [0.29, 0.717) is 6.07 Å². The second-order valence-corrected chi connectivity index (χ2v) is 3.91. The Morgan fingerprint density at radius 3 is 2.47 bits per heavy atom. The first-order chi connectivity index (χ1) is 8.81. The number of halogens is 5. The molecule has 1 aromatic rings. The van der Waals surface area contributed by atoms with Gasteiger partial charge in [-0.1, -0.05) is 11.8 Å². The summed E-state index contributed by atoms with van der Waals surface area (Å²) in [5.41, 5.74) is -2.72. The molecule has 0 radical (unpaired) electrons. The number of hydrogen-bond donors (Lipinski definition) is 1. The maximum absolute atomic E-state index is 13.6. The zero-order valence-corrected chi connectivity index (χ0v) is 10.2. The van der Waals surface area contributed by atoms with Gasteiger partial charge in [-0.3, -0.25) is 5.32 Å². The van der Waals surface area contributed by atoms with Crippen LogP contribution < -0.4 is 5.32 Å². The van der Waals surface area contributed by atoms with Crippen molar-refractivity contribution in [3.63, 3.8) is 0 Å². The van der Waals surface area contributed by atoms with Crippen LogP contribution in [0.2, 0.25) is 0 Å². The molecule has 0 saturated heterocycles. The van der Waals surface area contributed by atoms with Gasteiger partial charge in [-0.15, -0.1) is 0 Å². The standard InChI is InChI=1S/C10H6F5N3S/c1-19-9(17-4-16)18-6-3-2-5(11)7(8(6)12)10(13,14)15/h2-3H,1H3,(H,17,18). The summed E-state index contributed by atoms with van der Waals surface area (Å²) in [5.74, 6) is -3.54. The molecule has 0 bridgehead atoms. The number of thioether (sulfide) groups is 1. The third-order valence-electron chi connectivity index (χ3n) is 1.93. The molecule has 0 fully saturated rings. The van der Waals surface area contributed by atoms with Crippen LogP contribution in [-0.2, 0) is 6.18 Å². The van der Waals surface area contributed by atoms with Crippen molar-refractivity contribution >= 4 is 22.6 Å². The van der Waals surface area contributed by atoms with Gasteiger partial charge >= 0.3 is 6.18 Å². The number of nitriles is 1. The van der Waals surface area contributed by atoms with Crippen LogP contribution in [0, 0.1) is 23.1 Å². The highest BCUT2D eigenvalue weighted by atomic mass is 32.2. The molecule has 3 nitrogen and oxygen atoms in total. The fourth-order valence-corrected chi connectivity index (χ4v) is 1.51. The van der Waals surface area contributed by atoms with Gasteiger partial charge in [0.05, 0.1) is 0 Å². The Morgan fingerprint density at radius 2 is 2.00 bits per heavy atom. The lowest BCUT2D eigenvalue weighted by Crippen LogP contribution is -2.14. The Balaban J connectivity index is 3.37. The van der Waals surface area contributed by atoms with Crippen LogP contribution in [-0.4, -0.2) is 11.4 Å². The molecule has 0 heterocycles. The van der Waals surface area contributed by atoms with Crippen molar-refractivity contribution in [1.82, 2.24) is 5.32 Å². The maximum Gasteiger partial charge on any atom is 0.422 e. The van der Waals surface area contributed by atoms with Crippen molar-refractivity contribution in [2.75, 3.05) is 6.26 Å². The second-order valence-electron chi connectivity index (χ2n) is 3.11. The van der Waals surface area contributed by atoms with Gasteiger partial charge in [0.2, 0.25) is 0 Å². The van der Waals surface area contributed by atoms with Crippen molar-refractivity contribution in [3.8, 4) is 6.19 Å². The molecule has 0 aromatic heterocycles. The third kappa shape index (κ3) is 3.57. The molecule has 0 aliphatic heterocycles. The van der Waals surface area contributed by atoms with Gasteiger partial charge in [0.1, 0.15) is 17.1 Å². The molecule has 0 aliphatic carbocycles. The van der Waals surface area contributed by atoms with E-state index in [1.54, 1.807) is 0 Å². The predicted octanol–water partition coefficient (Wildman–Crippen LogP) is 3.40. The zero-order valence-electron chi connectivity index (χ0n) is 9.35. The van der Waals surface area contributed by atoms with Gasteiger partial charge in [0.15, 0.2) is 17.2 Å². The molecule has 1 N–H and O–H groups in total. The first-order valence-corrected chi connectivity index (χ1v) is 5.86.